The molecule has 2 atom stereocenters. The van der Waals surface area contributed by atoms with Crippen LogP contribution >= 0.6 is 15.9 Å². The molecule has 1 aliphatic heterocycles. The molecule has 0 spiro atoms. The van der Waals surface area contributed by atoms with Crippen LogP contribution in [0, 0.1) is 5.92 Å². The van der Waals surface area contributed by atoms with E-state index in [1.54, 1.807) is 11.9 Å². The fourth-order valence-electron chi connectivity index (χ4n) is 3.09. The van der Waals surface area contributed by atoms with Gasteiger partial charge in [-0.25, -0.2) is 0 Å². The number of amides is 2. The lowest BCUT2D eigenvalue weighted by atomic mass is 10.1. The molecule has 1 saturated heterocycles. The molecule has 1 fully saturated rings. The fraction of sp³-hybridized carbons (Fsp3) is 0.467. The summed E-state index contributed by atoms with van der Waals surface area (Å²) in [5.41, 5.74) is 2.49. The highest BCUT2D eigenvalue weighted by Gasteiger charge is 2.34. The third-order valence-corrected chi connectivity index (χ3v) is 4.98. The topological polar surface area (TPSA) is 49.4 Å². The summed E-state index contributed by atoms with van der Waals surface area (Å²) in [6.45, 7) is 0.530. The number of nitrogens with one attached hydrogen (secondary N) is 1. The SMILES string of the molecule is CN1C[C@H](C(=O)N[C@H]2CCc3c(Br)cccc32)CC1=O. The van der Waals surface area contributed by atoms with E-state index in [-0.39, 0.29) is 23.8 Å². The van der Waals surface area contributed by atoms with Gasteiger partial charge in [-0.3, -0.25) is 9.59 Å². The van der Waals surface area contributed by atoms with Crippen LogP contribution in [-0.2, 0) is 16.0 Å². The molecule has 4 nitrogen and oxygen atoms in total. The molecule has 0 bridgehead atoms. The Morgan fingerprint density at radius 2 is 2.25 bits per heavy atom. The Morgan fingerprint density at radius 1 is 1.45 bits per heavy atom. The van der Waals surface area contributed by atoms with Crippen LogP contribution < -0.4 is 5.32 Å². The highest BCUT2D eigenvalue weighted by atomic mass is 79.9. The van der Waals surface area contributed by atoms with E-state index in [0.29, 0.717) is 13.0 Å². The van der Waals surface area contributed by atoms with Gasteiger partial charge in [0.25, 0.3) is 0 Å². The van der Waals surface area contributed by atoms with Gasteiger partial charge in [0, 0.05) is 24.5 Å². The largest absolute Gasteiger partial charge is 0.349 e. The summed E-state index contributed by atoms with van der Waals surface area (Å²) in [5, 5.41) is 3.11. The summed E-state index contributed by atoms with van der Waals surface area (Å²) >= 11 is 3.56. The van der Waals surface area contributed by atoms with Crippen molar-refractivity contribution in [1.82, 2.24) is 10.2 Å². The van der Waals surface area contributed by atoms with Crippen molar-refractivity contribution in [2.75, 3.05) is 13.6 Å². The number of carbonyl (C=O) groups is 2. The highest BCUT2D eigenvalue weighted by molar-refractivity contribution is 9.10. The lowest BCUT2D eigenvalue weighted by molar-refractivity contribution is -0.128. The van der Waals surface area contributed by atoms with E-state index in [1.165, 1.54) is 11.1 Å². The molecule has 2 aliphatic rings. The molecule has 1 N–H and O–H groups in total. The van der Waals surface area contributed by atoms with Crippen molar-refractivity contribution in [2.45, 2.75) is 25.3 Å². The Morgan fingerprint density at radius 3 is 2.95 bits per heavy atom. The van der Waals surface area contributed by atoms with Gasteiger partial charge < -0.3 is 10.2 Å². The second kappa shape index (κ2) is 5.20. The van der Waals surface area contributed by atoms with Crippen LogP contribution in [-0.4, -0.2) is 30.3 Å². The zero-order valence-corrected chi connectivity index (χ0v) is 12.9. The minimum atomic E-state index is -0.205. The standard InChI is InChI=1S/C15H17BrN2O2/c1-18-8-9(7-14(18)19)15(20)17-13-6-5-10-11(13)3-2-4-12(10)16/h2-4,9,13H,5-8H2,1H3,(H,17,20)/t9-,13+/m1/s1. The lowest BCUT2D eigenvalue weighted by Gasteiger charge is -2.17. The van der Waals surface area contributed by atoms with E-state index in [0.717, 1.165) is 17.3 Å². The molecule has 20 heavy (non-hydrogen) atoms. The quantitative estimate of drug-likeness (QED) is 0.898. The molecule has 0 radical (unpaired) electrons. The monoisotopic (exact) mass is 336 g/mol. The molecule has 1 aliphatic carbocycles. The first-order chi connectivity index (χ1) is 9.56. The smallest absolute Gasteiger partial charge is 0.225 e. The number of fused-ring (bicyclic) bond motifs is 1. The number of rotatable bonds is 2. The van der Waals surface area contributed by atoms with Gasteiger partial charge >= 0.3 is 0 Å². The normalized spacial score (nSPS) is 24.9. The summed E-state index contributed by atoms with van der Waals surface area (Å²) in [6, 6.07) is 6.19. The molecule has 1 aromatic carbocycles. The van der Waals surface area contributed by atoms with Gasteiger partial charge in [0.2, 0.25) is 11.8 Å². The first-order valence-electron chi connectivity index (χ1n) is 6.88. The van der Waals surface area contributed by atoms with Crippen LogP contribution in [0.5, 0.6) is 0 Å². The van der Waals surface area contributed by atoms with E-state index in [1.807, 2.05) is 12.1 Å². The Bertz CT molecular complexity index is 573. The minimum absolute atomic E-state index is 0.000487. The maximum absolute atomic E-state index is 12.3. The Hall–Kier alpha value is -1.36. The van der Waals surface area contributed by atoms with Gasteiger partial charge in [-0.15, -0.1) is 0 Å². The molecule has 1 aromatic rings. The molecule has 2 amide bonds. The molecule has 106 valence electrons. The van der Waals surface area contributed by atoms with Gasteiger partial charge in [0.05, 0.1) is 12.0 Å². The third kappa shape index (κ3) is 2.35. The van der Waals surface area contributed by atoms with Gasteiger partial charge in [0.15, 0.2) is 0 Å². The van der Waals surface area contributed by atoms with Crippen molar-refractivity contribution < 1.29 is 9.59 Å². The third-order valence-electron chi connectivity index (χ3n) is 4.24. The highest BCUT2D eigenvalue weighted by Crippen LogP contribution is 2.35. The van der Waals surface area contributed by atoms with E-state index >= 15 is 0 Å². The minimum Gasteiger partial charge on any atom is -0.349 e. The van der Waals surface area contributed by atoms with Gasteiger partial charge in [-0.05, 0) is 30.0 Å². The number of carbonyl (C=O) groups excluding carboxylic acids is 2. The predicted molar refractivity (Wildman–Crippen MR) is 79.1 cm³/mol. The lowest BCUT2D eigenvalue weighted by Crippen LogP contribution is -2.34. The number of likely N-dealkylation sites (tertiary alicyclic amines) is 1. The first kappa shape index (κ1) is 13.6. The van der Waals surface area contributed by atoms with E-state index < -0.39 is 0 Å². The Labute approximate surface area is 126 Å². The summed E-state index contributed by atoms with van der Waals surface area (Å²) in [6.07, 6.45) is 2.24. The maximum Gasteiger partial charge on any atom is 0.225 e. The fourth-order valence-corrected chi connectivity index (χ4v) is 3.67. The predicted octanol–water partition coefficient (Wildman–Crippen LogP) is 2.03. The number of hydrogen-bond donors (Lipinski definition) is 1. The molecule has 0 aromatic heterocycles. The average Bonchev–Trinajstić information content (AvgIpc) is 2.96. The van der Waals surface area contributed by atoms with Crippen LogP contribution in [0.2, 0.25) is 0 Å². The molecule has 0 unspecified atom stereocenters. The number of halogens is 1. The van der Waals surface area contributed by atoms with Crippen molar-refractivity contribution >= 4 is 27.7 Å². The van der Waals surface area contributed by atoms with Crippen molar-refractivity contribution in [3.05, 3.63) is 33.8 Å². The van der Waals surface area contributed by atoms with Crippen molar-refractivity contribution in [3.63, 3.8) is 0 Å². The molecule has 5 heteroatoms. The Kier molecular flexibility index (Phi) is 3.54. The molecular formula is C15H17BrN2O2. The zero-order valence-electron chi connectivity index (χ0n) is 11.4. The van der Waals surface area contributed by atoms with Crippen molar-refractivity contribution in [3.8, 4) is 0 Å². The number of nitrogens with zero attached hydrogens (tertiary/aromatic N) is 1. The van der Waals surface area contributed by atoms with Crippen LogP contribution in [0.3, 0.4) is 0 Å². The van der Waals surface area contributed by atoms with Crippen LogP contribution in [0.1, 0.15) is 30.0 Å². The summed E-state index contributed by atoms with van der Waals surface area (Å²) < 4.78 is 1.11. The van der Waals surface area contributed by atoms with E-state index in [4.69, 9.17) is 0 Å². The van der Waals surface area contributed by atoms with Crippen molar-refractivity contribution in [1.29, 1.82) is 0 Å². The maximum atomic E-state index is 12.3. The van der Waals surface area contributed by atoms with E-state index in [9.17, 15) is 9.59 Å². The summed E-state index contributed by atoms with van der Waals surface area (Å²) in [5.74, 6) is -0.149. The van der Waals surface area contributed by atoms with Gasteiger partial charge in [-0.1, -0.05) is 28.1 Å². The van der Waals surface area contributed by atoms with Crippen LogP contribution in [0.4, 0.5) is 0 Å². The second-order valence-corrected chi connectivity index (χ2v) is 6.44. The number of benzene rings is 1. The van der Waals surface area contributed by atoms with Crippen molar-refractivity contribution in [2.24, 2.45) is 5.92 Å². The zero-order chi connectivity index (χ0) is 14.3. The first-order valence-corrected chi connectivity index (χ1v) is 7.67. The van der Waals surface area contributed by atoms with E-state index in [2.05, 4.69) is 27.3 Å². The molecule has 3 rings (SSSR count). The summed E-state index contributed by atoms with van der Waals surface area (Å²) in [4.78, 5) is 25.4. The number of hydrogen-bond acceptors (Lipinski definition) is 2. The molecular weight excluding hydrogens is 320 g/mol. The Balaban J connectivity index is 1.70. The average molecular weight is 337 g/mol. The molecule has 1 heterocycles. The summed E-state index contributed by atoms with van der Waals surface area (Å²) in [7, 11) is 1.75. The van der Waals surface area contributed by atoms with Gasteiger partial charge in [0.1, 0.15) is 0 Å². The second-order valence-electron chi connectivity index (χ2n) is 5.58. The van der Waals surface area contributed by atoms with Crippen LogP contribution in [0.25, 0.3) is 0 Å². The van der Waals surface area contributed by atoms with Gasteiger partial charge in [-0.2, -0.15) is 0 Å². The molecule has 0 saturated carbocycles. The van der Waals surface area contributed by atoms with Crippen LogP contribution in [0.15, 0.2) is 22.7 Å².